The molecule has 29 heavy (non-hydrogen) atoms. The number of aliphatic imine (C=N–C) groups is 1. The lowest BCUT2D eigenvalue weighted by atomic mass is 10.2. The maximum Gasteiger partial charge on any atom is 0.243 e. The van der Waals surface area contributed by atoms with Crippen molar-refractivity contribution < 1.29 is 13.9 Å². The monoisotopic (exact) mass is 519 g/mol. The molecule has 0 aromatic heterocycles. The lowest BCUT2D eigenvalue weighted by Gasteiger charge is -2.38. The van der Waals surface area contributed by atoms with Crippen LogP contribution in [0, 0.1) is 5.82 Å². The first-order chi connectivity index (χ1) is 13.5. The Bertz CT molecular complexity index is 672. The summed E-state index contributed by atoms with van der Waals surface area (Å²) < 4.78 is 18.8. The van der Waals surface area contributed by atoms with Crippen LogP contribution in [0.15, 0.2) is 29.3 Å². The number of piperazine rings is 1. The number of carbonyl (C=O) groups is 1. The topological polar surface area (TPSA) is 60.4 Å². The van der Waals surface area contributed by atoms with Crippen molar-refractivity contribution in [2.45, 2.75) is 18.9 Å². The molecule has 1 atom stereocenters. The normalized spacial score (nSPS) is 19.7. The van der Waals surface area contributed by atoms with Crippen LogP contribution in [0.5, 0.6) is 0 Å². The molecule has 3 rings (SSSR count). The Morgan fingerprint density at radius 2 is 1.93 bits per heavy atom. The van der Waals surface area contributed by atoms with Crippen molar-refractivity contribution >= 4 is 41.5 Å². The number of rotatable bonds is 5. The zero-order valence-electron chi connectivity index (χ0n) is 17.1. The summed E-state index contributed by atoms with van der Waals surface area (Å²) in [7, 11) is 3.47. The van der Waals surface area contributed by atoms with Gasteiger partial charge in [-0.1, -0.05) is 0 Å². The van der Waals surface area contributed by atoms with E-state index in [0.29, 0.717) is 6.54 Å². The van der Waals surface area contributed by atoms with Gasteiger partial charge in [0.2, 0.25) is 5.91 Å². The molecule has 7 nitrogen and oxygen atoms in total. The number of likely N-dealkylation sites (N-methyl/N-ethyl adjacent to an activating group) is 1. The Hall–Kier alpha value is -1.62. The van der Waals surface area contributed by atoms with Gasteiger partial charge in [0.05, 0.1) is 6.10 Å². The van der Waals surface area contributed by atoms with E-state index < -0.39 is 0 Å². The van der Waals surface area contributed by atoms with Gasteiger partial charge in [-0.15, -0.1) is 24.0 Å². The number of amides is 1. The van der Waals surface area contributed by atoms with E-state index in [1.807, 2.05) is 12.1 Å². The summed E-state index contributed by atoms with van der Waals surface area (Å²) in [5.41, 5.74) is 1.02. The predicted molar refractivity (Wildman–Crippen MR) is 124 cm³/mol. The number of guanidine groups is 1. The van der Waals surface area contributed by atoms with E-state index in [0.717, 1.165) is 57.3 Å². The summed E-state index contributed by atoms with van der Waals surface area (Å²) in [4.78, 5) is 22.5. The van der Waals surface area contributed by atoms with Crippen LogP contribution in [0.4, 0.5) is 10.1 Å². The van der Waals surface area contributed by atoms with Crippen molar-refractivity contribution in [1.29, 1.82) is 0 Å². The molecule has 9 heteroatoms. The van der Waals surface area contributed by atoms with Gasteiger partial charge in [-0.25, -0.2) is 9.38 Å². The summed E-state index contributed by atoms with van der Waals surface area (Å²) in [6, 6.07) is 6.60. The average Bonchev–Trinajstić information content (AvgIpc) is 3.22. The van der Waals surface area contributed by atoms with E-state index in [4.69, 9.17) is 4.74 Å². The highest BCUT2D eigenvalue weighted by atomic mass is 127. The van der Waals surface area contributed by atoms with Crippen molar-refractivity contribution in [2.24, 2.45) is 4.99 Å². The van der Waals surface area contributed by atoms with Crippen molar-refractivity contribution in [2.75, 3.05) is 64.9 Å². The first-order valence-corrected chi connectivity index (χ1v) is 9.88. The van der Waals surface area contributed by atoms with Gasteiger partial charge in [-0.3, -0.25) is 4.79 Å². The van der Waals surface area contributed by atoms with Crippen molar-refractivity contribution in [3.05, 3.63) is 30.1 Å². The van der Waals surface area contributed by atoms with Crippen LogP contribution >= 0.6 is 24.0 Å². The molecule has 2 heterocycles. The molecular weight excluding hydrogens is 488 g/mol. The third-order valence-corrected chi connectivity index (χ3v) is 5.15. The van der Waals surface area contributed by atoms with Crippen molar-refractivity contribution in [1.82, 2.24) is 15.1 Å². The molecule has 1 unspecified atom stereocenters. The molecule has 0 aliphatic carbocycles. The maximum absolute atomic E-state index is 13.1. The van der Waals surface area contributed by atoms with Crippen LogP contribution in [0.3, 0.4) is 0 Å². The van der Waals surface area contributed by atoms with E-state index in [9.17, 15) is 9.18 Å². The molecule has 1 N–H and O–H groups in total. The molecule has 1 aromatic carbocycles. The Balaban J connectivity index is 0.00000300. The van der Waals surface area contributed by atoms with Crippen molar-refractivity contribution in [3.63, 3.8) is 0 Å². The predicted octanol–water partition coefficient (Wildman–Crippen LogP) is 1.78. The van der Waals surface area contributed by atoms with Crippen LogP contribution in [0.1, 0.15) is 12.8 Å². The zero-order valence-corrected chi connectivity index (χ0v) is 19.5. The van der Waals surface area contributed by atoms with Crippen LogP contribution in [0.25, 0.3) is 0 Å². The summed E-state index contributed by atoms with van der Waals surface area (Å²) >= 11 is 0. The molecule has 0 saturated carbocycles. The average molecular weight is 519 g/mol. The van der Waals surface area contributed by atoms with Gasteiger partial charge in [-0.2, -0.15) is 0 Å². The first kappa shape index (κ1) is 23.7. The van der Waals surface area contributed by atoms with Gasteiger partial charge >= 0.3 is 0 Å². The van der Waals surface area contributed by atoms with E-state index in [1.54, 1.807) is 19.0 Å². The highest BCUT2D eigenvalue weighted by Gasteiger charge is 2.22. The van der Waals surface area contributed by atoms with Gasteiger partial charge in [0.15, 0.2) is 5.96 Å². The van der Waals surface area contributed by atoms with Gasteiger partial charge < -0.3 is 24.8 Å². The van der Waals surface area contributed by atoms with Crippen molar-refractivity contribution in [3.8, 4) is 0 Å². The molecule has 0 spiro atoms. The Labute approximate surface area is 189 Å². The number of ether oxygens (including phenoxy) is 1. The number of hydrogen-bond donors (Lipinski definition) is 1. The van der Waals surface area contributed by atoms with Crippen LogP contribution in [-0.4, -0.2) is 87.7 Å². The third-order valence-electron chi connectivity index (χ3n) is 5.15. The SMILES string of the molecule is CN(C)C(=O)CN=C(NCC1CCCO1)N1CCN(c2ccc(F)cc2)CC1.I. The van der Waals surface area contributed by atoms with Crippen LogP contribution < -0.4 is 10.2 Å². The van der Waals surface area contributed by atoms with E-state index >= 15 is 0 Å². The highest BCUT2D eigenvalue weighted by Crippen LogP contribution is 2.17. The van der Waals surface area contributed by atoms with Crippen LogP contribution in [-0.2, 0) is 9.53 Å². The number of nitrogens with zero attached hydrogens (tertiary/aromatic N) is 4. The Kier molecular flexibility index (Phi) is 9.41. The Morgan fingerprint density at radius 1 is 1.24 bits per heavy atom. The minimum absolute atomic E-state index is 0. The molecule has 2 saturated heterocycles. The van der Waals surface area contributed by atoms with Gasteiger partial charge in [0, 0.05) is 59.1 Å². The largest absolute Gasteiger partial charge is 0.376 e. The minimum Gasteiger partial charge on any atom is -0.376 e. The second-order valence-corrected chi connectivity index (χ2v) is 7.39. The lowest BCUT2D eigenvalue weighted by Crippen LogP contribution is -2.53. The second-order valence-electron chi connectivity index (χ2n) is 7.39. The summed E-state index contributed by atoms with van der Waals surface area (Å²) in [6.45, 7) is 4.83. The molecule has 0 bridgehead atoms. The lowest BCUT2D eigenvalue weighted by molar-refractivity contribution is -0.127. The molecule has 162 valence electrons. The maximum atomic E-state index is 13.1. The standard InChI is InChI=1S/C20H30FN5O2.HI/c1-24(2)19(27)15-23-20(22-14-18-4-3-13-28-18)26-11-9-25(10-12-26)17-7-5-16(21)6-8-17;/h5-8,18H,3-4,9-15H2,1-2H3,(H,22,23);1H. The third kappa shape index (κ3) is 6.98. The molecule has 1 amide bonds. The van der Waals surface area contributed by atoms with E-state index in [1.165, 1.54) is 12.1 Å². The fourth-order valence-corrected chi connectivity index (χ4v) is 3.39. The van der Waals surface area contributed by atoms with Gasteiger partial charge in [0.1, 0.15) is 12.4 Å². The molecular formula is C20H31FIN5O2. The second kappa shape index (κ2) is 11.5. The smallest absolute Gasteiger partial charge is 0.243 e. The van der Waals surface area contributed by atoms with E-state index in [-0.39, 0.29) is 48.3 Å². The van der Waals surface area contributed by atoms with Gasteiger partial charge in [0.25, 0.3) is 0 Å². The highest BCUT2D eigenvalue weighted by molar-refractivity contribution is 14.0. The number of carbonyl (C=O) groups excluding carboxylic acids is 1. The number of anilines is 1. The molecule has 2 aliphatic rings. The zero-order chi connectivity index (χ0) is 19.9. The van der Waals surface area contributed by atoms with Crippen LogP contribution in [0.2, 0.25) is 0 Å². The molecule has 2 fully saturated rings. The number of halogens is 2. The van der Waals surface area contributed by atoms with E-state index in [2.05, 4.69) is 20.1 Å². The number of hydrogen-bond acceptors (Lipinski definition) is 4. The summed E-state index contributed by atoms with van der Waals surface area (Å²) in [6.07, 6.45) is 2.35. The molecule has 0 radical (unpaired) electrons. The number of nitrogens with one attached hydrogen (secondary N) is 1. The number of benzene rings is 1. The summed E-state index contributed by atoms with van der Waals surface area (Å²) in [5.74, 6) is 0.506. The summed E-state index contributed by atoms with van der Waals surface area (Å²) in [5, 5.41) is 3.40. The fraction of sp³-hybridized carbons (Fsp3) is 0.600. The van der Waals surface area contributed by atoms with Gasteiger partial charge in [-0.05, 0) is 37.1 Å². The Morgan fingerprint density at radius 3 is 2.52 bits per heavy atom. The quantitative estimate of drug-likeness (QED) is 0.365. The fourth-order valence-electron chi connectivity index (χ4n) is 3.39. The molecule has 1 aromatic rings. The molecule has 2 aliphatic heterocycles. The minimum atomic E-state index is -0.222. The first-order valence-electron chi connectivity index (χ1n) is 9.88.